The number of amidine groups is 1. The highest BCUT2D eigenvalue weighted by Crippen LogP contribution is 2.35. The Morgan fingerprint density at radius 1 is 0.971 bits per heavy atom. The number of sulfonamides is 1. The summed E-state index contributed by atoms with van der Waals surface area (Å²) < 4.78 is 30.1. The van der Waals surface area contributed by atoms with Gasteiger partial charge in [0.25, 0.3) is 10.0 Å². The van der Waals surface area contributed by atoms with E-state index in [1.807, 2.05) is 40.1 Å². The number of piperidine rings is 2. The average Bonchev–Trinajstić information content (AvgIpc) is 3.43. The summed E-state index contributed by atoms with van der Waals surface area (Å²) in [5, 5.41) is 1.13. The maximum absolute atomic E-state index is 13.4. The largest absolute Gasteiger partial charge is 0.355 e. The molecule has 2 fully saturated rings. The number of hydrogen-bond donors (Lipinski definition) is 0. The molecule has 1 aromatic heterocycles. The molecule has 0 bridgehead atoms. The van der Waals surface area contributed by atoms with Gasteiger partial charge in [-0.2, -0.15) is 8.42 Å². The zero-order valence-electron chi connectivity index (χ0n) is 18.8. The van der Waals surface area contributed by atoms with Crippen LogP contribution in [0.4, 0.5) is 0 Å². The fraction of sp³-hybridized carbons (Fsp3) is 0.400. The van der Waals surface area contributed by atoms with E-state index >= 15 is 0 Å². The molecule has 2 aromatic carbocycles. The number of carbonyl (C=O) groups is 1. The van der Waals surface area contributed by atoms with Gasteiger partial charge in [-0.1, -0.05) is 24.3 Å². The Morgan fingerprint density at radius 3 is 2.56 bits per heavy atom. The third-order valence-corrected chi connectivity index (χ3v) is 9.67. The van der Waals surface area contributed by atoms with E-state index < -0.39 is 10.0 Å². The number of likely N-dealkylation sites (tertiary alicyclic amines) is 2. The zero-order chi connectivity index (χ0) is 23.3. The Morgan fingerprint density at radius 2 is 1.74 bits per heavy atom. The molecular weight excluding hydrogens is 468 g/mol. The number of rotatable bonds is 2. The zero-order valence-corrected chi connectivity index (χ0v) is 20.4. The van der Waals surface area contributed by atoms with Crippen molar-refractivity contribution in [2.45, 2.75) is 36.5 Å². The lowest BCUT2D eigenvalue weighted by molar-refractivity contribution is -0.138. The Balaban J connectivity index is 1.12. The average molecular weight is 495 g/mol. The molecule has 0 aliphatic carbocycles. The van der Waals surface area contributed by atoms with Gasteiger partial charge in [-0.15, -0.1) is 15.7 Å². The van der Waals surface area contributed by atoms with E-state index in [1.165, 1.54) is 4.70 Å². The Hall–Kier alpha value is -2.78. The highest BCUT2D eigenvalue weighted by atomic mass is 32.2. The number of nitrogens with zero attached hydrogens (tertiary/aromatic N) is 4. The number of carbonyl (C=O) groups excluding carboxylic acids is 1. The summed E-state index contributed by atoms with van der Waals surface area (Å²) in [5.41, 5.74) is 1.71. The van der Waals surface area contributed by atoms with Crippen LogP contribution in [0, 0.1) is 5.92 Å². The first-order chi connectivity index (χ1) is 16.5. The molecule has 3 aliphatic heterocycles. The summed E-state index contributed by atoms with van der Waals surface area (Å²) in [5.74, 6) is 1.02. The first-order valence-electron chi connectivity index (χ1n) is 11.8. The number of aromatic nitrogens is 1. The fourth-order valence-corrected chi connectivity index (χ4v) is 7.68. The van der Waals surface area contributed by atoms with Crippen LogP contribution in [0.25, 0.3) is 10.2 Å². The number of thiazole rings is 1. The van der Waals surface area contributed by atoms with Crippen LogP contribution in [0.3, 0.4) is 0 Å². The van der Waals surface area contributed by atoms with Gasteiger partial charge < -0.3 is 9.80 Å². The topological polar surface area (TPSA) is 82.9 Å². The van der Waals surface area contributed by atoms with Crippen LogP contribution in [-0.4, -0.2) is 61.1 Å². The van der Waals surface area contributed by atoms with Gasteiger partial charge in [-0.05, 0) is 49.9 Å². The van der Waals surface area contributed by atoms with Gasteiger partial charge >= 0.3 is 0 Å². The van der Waals surface area contributed by atoms with Gasteiger partial charge in [-0.3, -0.25) is 4.79 Å². The van der Waals surface area contributed by atoms with Crippen molar-refractivity contribution in [3.05, 3.63) is 59.1 Å². The van der Waals surface area contributed by atoms with E-state index in [0.717, 1.165) is 36.5 Å². The molecule has 1 amide bonds. The summed E-state index contributed by atoms with van der Waals surface area (Å²) in [4.78, 5) is 22.6. The van der Waals surface area contributed by atoms with Crippen molar-refractivity contribution in [2.24, 2.45) is 10.3 Å². The third-order valence-electron chi connectivity index (χ3n) is 7.15. The molecule has 1 unspecified atom stereocenters. The van der Waals surface area contributed by atoms with Crippen LogP contribution in [0.2, 0.25) is 0 Å². The van der Waals surface area contributed by atoms with Crippen LogP contribution in [-0.2, 0) is 14.8 Å². The lowest BCUT2D eigenvalue weighted by Gasteiger charge is -2.38. The minimum Gasteiger partial charge on any atom is -0.355 e. The molecule has 34 heavy (non-hydrogen) atoms. The highest BCUT2D eigenvalue weighted by molar-refractivity contribution is 7.90. The predicted molar refractivity (Wildman–Crippen MR) is 133 cm³/mol. The van der Waals surface area contributed by atoms with Crippen molar-refractivity contribution in [1.29, 1.82) is 0 Å². The number of fused-ring (bicyclic) bond motifs is 2. The van der Waals surface area contributed by atoms with E-state index in [1.54, 1.807) is 23.5 Å². The Bertz CT molecular complexity index is 1360. The molecule has 2 saturated heterocycles. The smallest absolute Gasteiger partial charge is 0.285 e. The van der Waals surface area contributed by atoms with Crippen molar-refractivity contribution >= 4 is 43.3 Å². The first-order valence-corrected chi connectivity index (χ1v) is 14.1. The van der Waals surface area contributed by atoms with Crippen LogP contribution < -0.4 is 0 Å². The molecule has 0 saturated carbocycles. The van der Waals surface area contributed by atoms with Crippen molar-refractivity contribution in [3.63, 3.8) is 0 Å². The van der Waals surface area contributed by atoms with E-state index in [0.29, 0.717) is 43.2 Å². The summed E-state index contributed by atoms with van der Waals surface area (Å²) in [6.45, 7) is 2.80. The molecule has 176 valence electrons. The molecule has 3 aliphatic rings. The lowest BCUT2D eigenvalue weighted by atomic mass is 9.92. The summed E-state index contributed by atoms with van der Waals surface area (Å²) >= 11 is 1.74. The predicted octanol–water partition coefficient (Wildman–Crippen LogP) is 3.86. The number of amides is 1. The highest BCUT2D eigenvalue weighted by Gasteiger charge is 2.36. The fourth-order valence-electron chi connectivity index (χ4n) is 5.36. The van der Waals surface area contributed by atoms with Gasteiger partial charge in [-0.25, -0.2) is 4.98 Å². The SMILES string of the molecule is O=C(C1CCN(C2=NS(=O)(=O)c3ccccc32)CC1)N1CCCC(c2nc3ccccc3s2)C1. The monoisotopic (exact) mass is 494 g/mol. The molecule has 4 heterocycles. The van der Waals surface area contributed by atoms with E-state index in [-0.39, 0.29) is 16.7 Å². The summed E-state index contributed by atoms with van der Waals surface area (Å²) in [6.07, 6.45) is 3.48. The van der Waals surface area contributed by atoms with Gasteiger partial charge in [0.1, 0.15) is 4.90 Å². The van der Waals surface area contributed by atoms with Gasteiger partial charge in [0.05, 0.1) is 15.2 Å². The van der Waals surface area contributed by atoms with E-state index in [2.05, 4.69) is 10.5 Å². The minimum absolute atomic E-state index is 0.0285. The van der Waals surface area contributed by atoms with E-state index in [4.69, 9.17) is 4.98 Å². The molecule has 0 spiro atoms. The quantitative estimate of drug-likeness (QED) is 0.540. The number of benzene rings is 2. The lowest BCUT2D eigenvalue weighted by Crippen LogP contribution is -2.46. The van der Waals surface area contributed by atoms with Gasteiger partial charge in [0.15, 0.2) is 5.84 Å². The summed E-state index contributed by atoms with van der Waals surface area (Å²) in [6, 6.07) is 15.2. The standard InChI is InChI=1S/C25H26N4O3S2/c30-25(29-13-5-6-18(16-29)24-26-20-8-2-3-9-21(20)33-24)17-11-14-28(15-12-17)23-19-7-1-4-10-22(19)34(31,32)27-23/h1-4,7-10,17-18H,5-6,11-16H2. The molecule has 7 nitrogen and oxygen atoms in total. The Kier molecular flexibility index (Phi) is 5.41. The normalized spacial score (nSPS) is 22.6. The minimum atomic E-state index is -3.63. The van der Waals surface area contributed by atoms with Gasteiger partial charge in [0.2, 0.25) is 5.91 Å². The summed E-state index contributed by atoms with van der Waals surface area (Å²) in [7, 11) is -3.63. The Labute approximate surface area is 203 Å². The molecule has 1 atom stereocenters. The second kappa shape index (κ2) is 8.46. The van der Waals surface area contributed by atoms with Crippen LogP contribution in [0.5, 0.6) is 0 Å². The van der Waals surface area contributed by atoms with E-state index in [9.17, 15) is 13.2 Å². The molecule has 6 rings (SSSR count). The maximum atomic E-state index is 13.4. The van der Waals surface area contributed by atoms with Gasteiger partial charge in [0, 0.05) is 43.6 Å². The molecule has 0 N–H and O–H groups in total. The van der Waals surface area contributed by atoms with Crippen molar-refractivity contribution in [2.75, 3.05) is 26.2 Å². The second-order valence-electron chi connectivity index (χ2n) is 9.29. The van der Waals surface area contributed by atoms with Crippen LogP contribution in [0.1, 0.15) is 42.2 Å². The number of para-hydroxylation sites is 1. The molecule has 9 heteroatoms. The van der Waals surface area contributed by atoms with Crippen LogP contribution in [0.15, 0.2) is 57.8 Å². The molecular formula is C25H26N4O3S2. The molecule has 3 aromatic rings. The van der Waals surface area contributed by atoms with Crippen molar-refractivity contribution in [3.8, 4) is 0 Å². The third kappa shape index (κ3) is 3.80. The van der Waals surface area contributed by atoms with Crippen molar-refractivity contribution < 1.29 is 13.2 Å². The number of hydrogen-bond acceptors (Lipinski definition) is 6. The van der Waals surface area contributed by atoms with Crippen LogP contribution >= 0.6 is 11.3 Å². The van der Waals surface area contributed by atoms with Crippen molar-refractivity contribution in [1.82, 2.24) is 14.8 Å². The second-order valence-corrected chi connectivity index (χ2v) is 11.9. The molecule has 0 radical (unpaired) electrons. The maximum Gasteiger partial charge on any atom is 0.285 e. The first kappa shape index (κ1) is 21.7.